The lowest BCUT2D eigenvalue weighted by Crippen LogP contribution is -2.13. The summed E-state index contributed by atoms with van der Waals surface area (Å²) in [5.74, 6) is 4.86. The summed E-state index contributed by atoms with van der Waals surface area (Å²) < 4.78 is 57.6. The molecule has 1 saturated carbocycles. The van der Waals surface area contributed by atoms with Crippen LogP contribution in [-0.4, -0.2) is 6.61 Å². The number of alkyl halides is 2. The summed E-state index contributed by atoms with van der Waals surface area (Å²) in [7, 11) is 0. The van der Waals surface area contributed by atoms with E-state index in [2.05, 4.69) is 29.6 Å². The zero-order valence-corrected chi connectivity index (χ0v) is 18.5. The molecule has 1 aliphatic rings. The van der Waals surface area contributed by atoms with Crippen molar-refractivity contribution in [2.75, 3.05) is 0 Å². The average molecular weight is 455 g/mol. The Balaban J connectivity index is 1.53. The molecular formula is C28H26F4O. The maximum Gasteiger partial charge on any atom is 0.387 e. The number of halogens is 4. The van der Waals surface area contributed by atoms with Gasteiger partial charge in [-0.3, -0.25) is 0 Å². The van der Waals surface area contributed by atoms with Crippen molar-refractivity contribution in [3.63, 3.8) is 0 Å². The van der Waals surface area contributed by atoms with E-state index in [1.54, 1.807) is 6.07 Å². The van der Waals surface area contributed by atoms with E-state index in [-0.39, 0.29) is 11.1 Å². The van der Waals surface area contributed by atoms with Gasteiger partial charge in [-0.05, 0) is 72.7 Å². The second kappa shape index (κ2) is 10.3. The first kappa shape index (κ1) is 23.2. The lowest BCUT2D eigenvalue weighted by Gasteiger charge is -2.28. The summed E-state index contributed by atoms with van der Waals surface area (Å²) in [4.78, 5) is 0. The zero-order chi connectivity index (χ0) is 23.4. The van der Waals surface area contributed by atoms with Crippen LogP contribution in [0.1, 0.15) is 68.1 Å². The fraction of sp³-hybridized carbons (Fsp3) is 0.357. The van der Waals surface area contributed by atoms with Gasteiger partial charge in [0.05, 0.1) is 5.56 Å². The number of hydrogen-bond acceptors (Lipinski definition) is 1. The van der Waals surface area contributed by atoms with E-state index in [0.29, 0.717) is 11.3 Å². The third-order valence-corrected chi connectivity index (χ3v) is 6.48. The van der Waals surface area contributed by atoms with Gasteiger partial charge < -0.3 is 4.74 Å². The van der Waals surface area contributed by atoms with Gasteiger partial charge in [0.2, 0.25) is 0 Å². The molecule has 33 heavy (non-hydrogen) atoms. The number of ether oxygens (including phenoxy) is 1. The van der Waals surface area contributed by atoms with Crippen LogP contribution in [0.25, 0.3) is 10.8 Å². The summed E-state index contributed by atoms with van der Waals surface area (Å²) in [5, 5.41) is 1.34. The van der Waals surface area contributed by atoms with E-state index in [9.17, 15) is 13.2 Å². The summed E-state index contributed by atoms with van der Waals surface area (Å²) in [5.41, 5.74) is 1.70. The van der Waals surface area contributed by atoms with Gasteiger partial charge in [-0.1, -0.05) is 55.9 Å². The predicted molar refractivity (Wildman–Crippen MR) is 123 cm³/mol. The summed E-state index contributed by atoms with van der Waals surface area (Å²) in [6.07, 6.45) is 7.42. The normalized spacial score (nSPS) is 18.2. The Kier molecular flexibility index (Phi) is 7.23. The van der Waals surface area contributed by atoms with Crippen molar-refractivity contribution in [2.24, 2.45) is 5.92 Å². The first-order valence-corrected chi connectivity index (χ1v) is 11.4. The van der Waals surface area contributed by atoms with Crippen molar-refractivity contribution in [2.45, 2.75) is 58.0 Å². The third-order valence-electron chi connectivity index (χ3n) is 6.48. The first-order valence-electron chi connectivity index (χ1n) is 11.4. The fourth-order valence-corrected chi connectivity index (χ4v) is 4.76. The summed E-state index contributed by atoms with van der Waals surface area (Å²) in [6, 6.07) is 12.8. The van der Waals surface area contributed by atoms with Crippen molar-refractivity contribution >= 4 is 10.8 Å². The van der Waals surface area contributed by atoms with Gasteiger partial charge in [0.25, 0.3) is 0 Å². The molecule has 0 aliphatic heterocycles. The highest BCUT2D eigenvalue weighted by Crippen LogP contribution is 2.38. The molecule has 0 atom stereocenters. The van der Waals surface area contributed by atoms with Gasteiger partial charge in [-0.15, -0.1) is 0 Å². The SMILES string of the molecule is CCCC1CCC(c2ccc3c(F)c(C#Cc4ccc(OC(F)F)c(F)c4)ccc3c2)CC1. The highest BCUT2D eigenvalue weighted by Gasteiger charge is 2.22. The Bertz CT molecular complexity index is 1180. The van der Waals surface area contributed by atoms with Gasteiger partial charge in [-0.25, -0.2) is 8.78 Å². The molecular weight excluding hydrogens is 428 g/mol. The molecule has 0 unspecified atom stereocenters. The molecule has 0 spiro atoms. The minimum Gasteiger partial charge on any atom is -0.432 e. The Morgan fingerprint density at radius 3 is 2.42 bits per heavy atom. The lowest BCUT2D eigenvalue weighted by molar-refractivity contribution is -0.0521. The Hall–Kier alpha value is -3.00. The smallest absolute Gasteiger partial charge is 0.387 e. The zero-order valence-electron chi connectivity index (χ0n) is 18.5. The minimum absolute atomic E-state index is 0.198. The molecule has 1 aliphatic carbocycles. The minimum atomic E-state index is -3.11. The van der Waals surface area contributed by atoms with Gasteiger partial charge in [0.1, 0.15) is 5.82 Å². The molecule has 4 rings (SSSR count). The standard InChI is InChI=1S/C28H26F4O/c1-2-3-18-4-8-20(9-5-18)22-13-14-24-23(17-22)12-11-21(27(24)30)10-6-19-7-15-26(25(29)16-19)33-28(31)32/h7,11-18,20,28H,2-5,8-9H2,1H3. The maximum atomic E-state index is 15.1. The van der Waals surface area contributed by atoms with E-state index in [4.69, 9.17) is 0 Å². The lowest BCUT2D eigenvalue weighted by atomic mass is 9.77. The van der Waals surface area contributed by atoms with E-state index in [0.717, 1.165) is 23.4 Å². The molecule has 0 amide bonds. The number of hydrogen-bond donors (Lipinski definition) is 0. The topological polar surface area (TPSA) is 9.23 Å². The van der Waals surface area contributed by atoms with Crippen LogP contribution in [0, 0.1) is 29.4 Å². The molecule has 0 saturated heterocycles. The van der Waals surface area contributed by atoms with Crippen LogP contribution in [-0.2, 0) is 0 Å². The monoisotopic (exact) mass is 454 g/mol. The van der Waals surface area contributed by atoms with Crippen LogP contribution >= 0.6 is 0 Å². The van der Waals surface area contributed by atoms with Crippen molar-refractivity contribution < 1.29 is 22.3 Å². The Labute approximate surface area is 191 Å². The molecule has 172 valence electrons. The van der Waals surface area contributed by atoms with Crippen LogP contribution in [0.2, 0.25) is 0 Å². The highest BCUT2D eigenvalue weighted by molar-refractivity contribution is 5.85. The molecule has 0 radical (unpaired) electrons. The molecule has 3 aromatic rings. The first-order chi connectivity index (χ1) is 15.9. The number of fused-ring (bicyclic) bond motifs is 1. The molecule has 0 aromatic heterocycles. The van der Waals surface area contributed by atoms with E-state index in [1.807, 2.05) is 18.2 Å². The molecule has 3 aromatic carbocycles. The van der Waals surface area contributed by atoms with Crippen LogP contribution in [0.15, 0.2) is 48.5 Å². The van der Waals surface area contributed by atoms with Gasteiger partial charge in [-0.2, -0.15) is 8.78 Å². The highest BCUT2D eigenvalue weighted by atomic mass is 19.3. The van der Waals surface area contributed by atoms with Crippen LogP contribution < -0.4 is 4.74 Å². The molecule has 5 heteroatoms. The summed E-state index contributed by atoms with van der Waals surface area (Å²) in [6.45, 7) is -0.873. The van der Waals surface area contributed by atoms with Crippen LogP contribution in [0.5, 0.6) is 5.75 Å². The van der Waals surface area contributed by atoms with Crippen molar-refractivity contribution in [1.29, 1.82) is 0 Å². The Morgan fingerprint density at radius 2 is 1.73 bits per heavy atom. The fourth-order valence-electron chi connectivity index (χ4n) is 4.76. The van der Waals surface area contributed by atoms with Crippen LogP contribution in [0.3, 0.4) is 0 Å². The van der Waals surface area contributed by atoms with E-state index >= 15 is 4.39 Å². The molecule has 1 fully saturated rings. The van der Waals surface area contributed by atoms with Gasteiger partial charge >= 0.3 is 6.61 Å². The number of rotatable bonds is 5. The predicted octanol–water partition coefficient (Wildman–Crippen LogP) is 8.19. The van der Waals surface area contributed by atoms with Crippen LogP contribution in [0.4, 0.5) is 17.6 Å². The van der Waals surface area contributed by atoms with Crippen molar-refractivity contribution in [3.8, 4) is 17.6 Å². The maximum absolute atomic E-state index is 15.1. The Morgan fingerprint density at radius 1 is 0.939 bits per heavy atom. The van der Waals surface area contributed by atoms with Crippen molar-refractivity contribution in [1.82, 2.24) is 0 Å². The molecule has 0 bridgehead atoms. The second-order valence-electron chi connectivity index (χ2n) is 8.69. The van der Waals surface area contributed by atoms with E-state index < -0.39 is 24.0 Å². The summed E-state index contributed by atoms with van der Waals surface area (Å²) >= 11 is 0. The third kappa shape index (κ3) is 5.50. The number of benzene rings is 3. The second-order valence-corrected chi connectivity index (χ2v) is 8.69. The van der Waals surface area contributed by atoms with Gasteiger partial charge in [0, 0.05) is 10.9 Å². The average Bonchev–Trinajstić information content (AvgIpc) is 2.80. The largest absolute Gasteiger partial charge is 0.432 e. The van der Waals surface area contributed by atoms with E-state index in [1.165, 1.54) is 50.2 Å². The van der Waals surface area contributed by atoms with Gasteiger partial charge in [0.15, 0.2) is 11.6 Å². The van der Waals surface area contributed by atoms with Crippen molar-refractivity contribution in [3.05, 3.63) is 76.9 Å². The molecule has 0 heterocycles. The molecule has 1 nitrogen and oxygen atoms in total. The quantitative estimate of drug-likeness (QED) is 0.279. The molecule has 0 N–H and O–H groups in total.